The van der Waals surface area contributed by atoms with E-state index in [0.717, 1.165) is 11.1 Å². The smallest absolute Gasteiger partial charge is 0.123 e. The van der Waals surface area contributed by atoms with Crippen LogP contribution in [0.5, 0.6) is 0 Å². The van der Waals surface area contributed by atoms with Gasteiger partial charge in [0.1, 0.15) is 5.82 Å². The third-order valence-electron chi connectivity index (χ3n) is 2.22. The number of hydrogen-bond donors (Lipinski definition) is 2. The van der Waals surface area contributed by atoms with E-state index in [1.807, 2.05) is 13.8 Å². The van der Waals surface area contributed by atoms with Crippen molar-refractivity contribution in [3.05, 3.63) is 35.1 Å². The second-order valence-corrected chi connectivity index (χ2v) is 3.54. The Bertz CT molecular complexity index is 301. The number of aliphatic hydroxyl groups is 1. The quantitative estimate of drug-likeness (QED) is 0.768. The van der Waals surface area contributed by atoms with Crippen molar-refractivity contribution in [2.45, 2.75) is 26.4 Å². The third kappa shape index (κ3) is 3.09. The van der Waals surface area contributed by atoms with Crippen LogP contribution in [0.25, 0.3) is 0 Å². The summed E-state index contributed by atoms with van der Waals surface area (Å²) in [6.07, 6.45) is 0. The number of aryl methyl sites for hydroxylation is 1. The van der Waals surface area contributed by atoms with Gasteiger partial charge in [0.2, 0.25) is 0 Å². The van der Waals surface area contributed by atoms with Crippen LogP contribution >= 0.6 is 0 Å². The summed E-state index contributed by atoms with van der Waals surface area (Å²) >= 11 is 0. The predicted molar refractivity (Wildman–Crippen MR) is 54.5 cm³/mol. The fourth-order valence-corrected chi connectivity index (χ4v) is 1.21. The van der Waals surface area contributed by atoms with E-state index in [-0.39, 0.29) is 18.5 Å². The predicted octanol–water partition coefficient (Wildman–Crippen LogP) is 1.60. The molecule has 2 N–H and O–H groups in total. The second-order valence-electron chi connectivity index (χ2n) is 3.54. The van der Waals surface area contributed by atoms with E-state index in [9.17, 15) is 4.39 Å². The van der Waals surface area contributed by atoms with Crippen LogP contribution in [-0.4, -0.2) is 17.8 Å². The Kier molecular flexibility index (Phi) is 4.04. The molecule has 0 bridgehead atoms. The highest BCUT2D eigenvalue weighted by molar-refractivity contribution is 5.26. The minimum Gasteiger partial charge on any atom is -0.395 e. The molecular weight excluding hydrogens is 181 g/mol. The molecule has 0 fully saturated rings. The van der Waals surface area contributed by atoms with Crippen LogP contribution in [0.1, 0.15) is 18.1 Å². The topological polar surface area (TPSA) is 32.3 Å². The molecular formula is C11H16FNO. The first-order valence-corrected chi connectivity index (χ1v) is 4.72. The Balaban J connectivity index is 2.59. The first-order valence-electron chi connectivity index (χ1n) is 4.72. The van der Waals surface area contributed by atoms with E-state index in [0.29, 0.717) is 6.54 Å². The van der Waals surface area contributed by atoms with Crippen LogP contribution in [-0.2, 0) is 6.54 Å². The van der Waals surface area contributed by atoms with E-state index in [2.05, 4.69) is 5.32 Å². The van der Waals surface area contributed by atoms with E-state index in [4.69, 9.17) is 5.11 Å². The number of rotatable bonds is 4. The van der Waals surface area contributed by atoms with Crippen molar-refractivity contribution in [1.82, 2.24) is 5.32 Å². The van der Waals surface area contributed by atoms with Gasteiger partial charge in [-0.25, -0.2) is 4.39 Å². The zero-order chi connectivity index (χ0) is 10.6. The van der Waals surface area contributed by atoms with E-state index < -0.39 is 0 Å². The first-order chi connectivity index (χ1) is 6.63. The molecule has 0 spiro atoms. The standard InChI is InChI=1S/C11H16FNO/c1-8-5-11(12)4-3-10(8)6-13-9(2)7-14/h3-5,9,13-14H,6-7H2,1-2H3/t9-/m0/s1. The molecule has 0 aliphatic heterocycles. The molecule has 2 nitrogen and oxygen atoms in total. The fourth-order valence-electron chi connectivity index (χ4n) is 1.21. The van der Waals surface area contributed by atoms with Crippen molar-refractivity contribution >= 4 is 0 Å². The van der Waals surface area contributed by atoms with Crippen LogP contribution in [0.15, 0.2) is 18.2 Å². The van der Waals surface area contributed by atoms with Gasteiger partial charge in [-0.1, -0.05) is 6.07 Å². The fraction of sp³-hybridized carbons (Fsp3) is 0.455. The van der Waals surface area contributed by atoms with Gasteiger partial charge >= 0.3 is 0 Å². The molecule has 0 unspecified atom stereocenters. The molecule has 0 amide bonds. The molecule has 1 aromatic rings. The summed E-state index contributed by atoms with van der Waals surface area (Å²) in [6.45, 7) is 4.55. The lowest BCUT2D eigenvalue weighted by atomic mass is 10.1. The Morgan fingerprint density at radius 3 is 2.79 bits per heavy atom. The maximum atomic E-state index is 12.8. The monoisotopic (exact) mass is 197 g/mol. The normalized spacial score (nSPS) is 12.9. The average Bonchev–Trinajstić information content (AvgIpc) is 2.16. The molecule has 3 heteroatoms. The number of benzene rings is 1. The summed E-state index contributed by atoms with van der Waals surface area (Å²) in [5.74, 6) is -0.207. The average molecular weight is 197 g/mol. The molecule has 0 heterocycles. The van der Waals surface area contributed by atoms with Crippen molar-refractivity contribution in [2.75, 3.05) is 6.61 Å². The Morgan fingerprint density at radius 1 is 1.50 bits per heavy atom. The van der Waals surface area contributed by atoms with Gasteiger partial charge in [-0.2, -0.15) is 0 Å². The summed E-state index contributed by atoms with van der Waals surface area (Å²) in [7, 11) is 0. The van der Waals surface area contributed by atoms with E-state index in [1.54, 1.807) is 6.07 Å². The van der Waals surface area contributed by atoms with E-state index >= 15 is 0 Å². The van der Waals surface area contributed by atoms with Crippen LogP contribution in [0, 0.1) is 12.7 Å². The number of hydrogen-bond acceptors (Lipinski definition) is 2. The Morgan fingerprint density at radius 2 is 2.21 bits per heavy atom. The molecule has 0 aliphatic carbocycles. The maximum Gasteiger partial charge on any atom is 0.123 e. The first kappa shape index (κ1) is 11.1. The summed E-state index contributed by atoms with van der Waals surface area (Å²) in [5, 5.41) is 11.9. The van der Waals surface area contributed by atoms with Gasteiger partial charge in [0.05, 0.1) is 6.61 Å². The van der Waals surface area contributed by atoms with E-state index in [1.165, 1.54) is 12.1 Å². The second kappa shape index (κ2) is 5.08. The maximum absolute atomic E-state index is 12.8. The third-order valence-corrected chi connectivity index (χ3v) is 2.22. The lowest BCUT2D eigenvalue weighted by Crippen LogP contribution is -2.28. The zero-order valence-corrected chi connectivity index (χ0v) is 8.55. The highest BCUT2D eigenvalue weighted by Crippen LogP contribution is 2.09. The van der Waals surface area contributed by atoms with Gasteiger partial charge in [-0.3, -0.25) is 0 Å². The van der Waals surface area contributed by atoms with Gasteiger partial charge in [-0.05, 0) is 37.1 Å². The highest BCUT2D eigenvalue weighted by Gasteiger charge is 2.02. The summed E-state index contributed by atoms with van der Waals surface area (Å²) in [6, 6.07) is 4.80. The highest BCUT2D eigenvalue weighted by atomic mass is 19.1. The molecule has 0 saturated heterocycles. The molecule has 0 aromatic heterocycles. The summed E-state index contributed by atoms with van der Waals surface area (Å²) in [4.78, 5) is 0. The largest absolute Gasteiger partial charge is 0.395 e. The number of halogens is 1. The van der Waals surface area contributed by atoms with Gasteiger partial charge in [0.25, 0.3) is 0 Å². The number of aliphatic hydroxyl groups excluding tert-OH is 1. The van der Waals surface area contributed by atoms with Crippen molar-refractivity contribution in [2.24, 2.45) is 0 Å². The molecule has 78 valence electrons. The molecule has 0 saturated carbocycles. The zero-order valence-electron chi connectivity index (χ0n) is 8.55. The molecule has 14 heavy (non-hydrogen) atoms. The van der Waals surface area contributed by atoms with Gasteiger partial charge in [-0.15, -0.1) is 0 Å². The Hall–Kier alpha value is -0.930. The van der Waals surface area contributed by atoms with Crippen molar-refractivity contribution in [1.29, 1.82) is 0 Å². The van der Waals surface area contributed by atoms with Crippen molar-refractivity contribution in [3.63, 3.8) is 0 Å². The molecule has 1 rings (SSSR count). The SMILES string of the molecule is Cc1cc(F)ccc1CN[C@@H](C)CO. The van der Waals surface area contributed by atoms with Crippen LogP contribution in [0.3, 0.4) is 0 Å². The summed E-state index contributed by atoms with van der Waals surface area (Å²) < 4.78 is 12.8. The van der Waals surface area contributed by atoms with Crippen LogP contribution < -0.4 is 5.32 Å². The van der Waals surface area contributed by atoms with Gasteiger partial charge in [0, 0.05) is 12.6 Å². The lowest BCUT2D eigenvalue weighted by Gasteiger charge is -2.12. The minimum atomic E-state index is -0.207. The minimum absolute atomic E-state index is 0.0689. The summed E-state index contributed by atoms with van der Waals surface area (Å²) in [5.41, 5.74) is 1.99. The van der Waals surface area contributed by atoms with Gasteiger partial charge in [0.15, 0.2) is 0 Å². The lowest BCUT2D eigenvalue weighted by molar-refractivity contribution is 0.251. The van der Waals surface area contributed by atoms with Gasteiger partial charge < -0.3 is 10.4 Å². The molecule has 1 aromatic carbocycles. The molecule has 0 aliphatic rings. The van der Waals surface area contributed by atoms with Crippen molar-refractivity contribution < 1.29 is 9.50 Å². The molecule has 1 atom stereocenters. The Labute approximate surface area is 83.8 Å². The van der Waals surface area contributed by atoms with Crippen molar-refractivity contribution in [3.8, 4) is 0 Å². The van der Waals surface area contributed by atoms with Crippen LogP contribution in [0.4, 0.5) is 4.39 Å². The van der Waals surface area contributed by atoms with Crippen LogP contribution in [0.2, 0.25) is 0 Å². The molecule has 0 radical (unpaired) electrons. The number of nitrogens with one attached hydrogen (secondary N) is 1.